The van der Waals surface area contributed by atoms with E-state index in [1.165, 1.54) is 25.7 Å². The molecule has 4 heterocycles. The summed E-state index contributed by atoms with van der Waals surface area (Å²) < 4.78 is 27.0. The number of hydrazine groups is 1. The number of hydrogen-bond acceptors (Lipinski definition) is 7. The molecular formula is C23H35F2N7O. The number of hydrogen-bond donors (Lipinski definition) is 5. The van der Waals surface area contributed by atoms with Gasteiger partial charge in [0.2, 0.25) is 5.91 Å². The predicted octanol–water partition coefficient (Wildman–Crippen LogP) is 1.63. The van der Waals surface area contributed by atoms with Crippen molar-refractivity contribution in [3.05, 3.63) is 24.3 Å². The number of piperidine rings is 1. The van der Waals surface area contributed by atoms with Crippen LogP contribution in [0.5, 0.6) is 0 Å². The van der Waals surface area contributed by atoms with Gasteiger partial charge in [0.05, 0.1) is 12.1 Å². The first kappa shape index (κ1) is 22.8. The van der Waals surface area contributed by atoms with Crippen molar-refractivity contribution >= 4 is 17.3 Å². The van der Waals surface area contributed by atoms with E-state index in [0.29, 0.717) is 19.6 Å². The summed E-state index contributed by atoms with van der Waals surface area (Å²) in [7, 11) is 0. The molecular weight excluding hydrogens is 428 g/mol. The van der Waals surface area contributed by atoms with Gasteiger partial charge in [-0.3, -0.25) is 25.8 Å². The van der Waals surface area contributed by atoms with Gasteiger partial charge in [-0.15, -0.1) is 0 Å². The van der Waals surface area contributed by atoms with Crippen LogP contribution in [0.3, 0.4) is 0 Å². The SMILES string of the molecule is O=C1NNCC2NC(N3CCCCCC3)NC(Nc3ccc(N4CCC(F)(F)CC4)cc3)C12. The molecule has 8 nitrogen and oxygen atoms in total. The molecule has 33 heavy (non-hydrogen) atoms. The Kier molecular flexibility index (Phi) is 6.69. The Morgan fingerprint density at radius 1 is 0.939 bits per heavy atom. The standard InChI is InChI=1S/C23H35F2N7O/c24-23(25)9-13-31(14-10-23)17-7-5-16(6-8-17)27-20-19-18(15-26-30-21(19)33)28-22(29-20)32-11-3-1-2-4-12-32/h5-8,18-20,22,26-29H,1-4,9-15H2,(H,30,33). The van der Waals surface area contributed by atoms with Gasteiger partial charge in [0.25, 0.3) is 5.92 Å². The number of nitrogens with zero attached hydrogens (tertiary/aromatic N) is 2. The van der Waals surface area contributed by atoms with Gasteiger partial charge in [0.1, 0.15) is 6.29 Å². The number of alkyl halides is 2. The van der Waals surface area contributed by atoms with Gasteiger partial charge in [-0.25, -0.2) is 14.2 Å². The van der Waals surface area contributed by atoms with Crippen LogP contribution in [0.2, 0.25) is 0 Å². The second-order valence-corrected chi connectivity index (χ2v) is 9.70. The van der Waals surface area contributed by atoms with Gasteiger partial charge in [0.15, 0.2) is 0 Å². The molecule has 1 aromatic rings. The fourth-order valence-electron chi connectivity index (χ4n) is 5.45. The lowest BCUT2D eigenvalue weighted by atomic mass is 9.91. The van der Waals surface area contributed by atoms with E-state index in [4.69, 9.17) is 0 Å². The zero-order valence-electron chi connectivity index (χ0n) is 19.0. The Morgan fingerprint density at radius 2 is 1.64 bits per heavy atom. The van der Waals surface area contributed by atoms with Gasteiger partial charge >= 0.3 is 0 Å². The van der Waals surface area contributed by atoms with Crippen LogP contribution in [-0.4, -0.2) is 68.0 Å². The Hall–Kier alpha value is -2.01. The van der Waals surface area contributed by atoms with E-state index >= 15 is 0 Å². The third-order valence-electron chi connectivity index (χ3n) is 7.39. The number of halogens is 2. The Morgan fingerprint density at radius 3 is 2.33 bits per heavy atom. The predicted molar refractivity (Wildman–Crippen MR) is 124 cm³/mol. The van der Waals surface area contributed by atoms with Gasteiger partial charge in [-0.05, 0) is 37.1 Å². The van der Waals surface area contributed by atoms with Gasteiger partial charge in [0, 0.05) is 63.0 Å². The molecule has 0 saturated carbocycles. The molecule has 4 saturated heterocycles. The third kappa shape index (κ3) is 5.24. The lowest BCUT2D eigenvalue weighted by Crippen LogP contribution is -2.76. The molecule has 4 unspecified atom stereocenters. The highest BCUT2D eigenvalue weighted by Gasteiger charge is 2.45. The first-order chi connectivity index (χ1) is 16.0. The highest BCUT2D eigenvalue weighted by molar-refractivity contribution is 5.81. The van der Waals surface area contributed by atoms with E-state index in [2.05, 4.69) is 31.7 Å². The van der Waals surface area contributed by atoms with Crippen LogP contribution < -0.4 is 31.7 Å². The highest BCUT2D eigenvalue weighted by Crippen LogP contribution is 2.31. The minimum Gasteiger partial charge on any atom is -0.371 e. The van der Waals surface area contributed by atoms with E-state index < -0.39 is 5.92 Å². The molecule has 0 bridgehead atoms. The van der Waals surface area contributed by atoms with Crippen LogP contribution in [0.15, 0.2) is 24.3 Å². The van der Waals surface area contributed by atoms with E-state index in [1.54, 1.807) is 0 Å². The molecule has 10 heteroatoms. The Bertz CT molecular complexity index is 806. The molecule has 1 aromatic carbocycles. The summed E-state index contributed by atoms with van der Waals surface area (Å²) >= 11 is 0. The third-order valence-corrected chi connectivity index (χ3v) is 7.39. The van der Waals surface area contributed by atoms with Crippen molar-refractivity contribution in [2.75, 3.05) is 42.9 Å². The number of likely N-dealkylation sites (tertiary alicyclic amines) is 1. The molecule has 4 atom stereocenters. The summed E-state index contributed by atoms with van der Waals surface area (Å²) in [6.07, 6.45) is 4.48. The average molecular weight is 464 g/mol. The van der Waals surface area contributed by atoms with Crippen LogP contribution in [0.25, 0.3) is 0 Å². The van der Waals surface area contributed by atoms with E-state index in [-0.39, 0.29) is 43.2 Å². The molecule has 5 rings (SSSR count). The average Bonchev–Trinajstić information content (AvgIpc) is 3.09. The van der Waals surface area contributed by atoms with Crippen molar-refractivity contribution < 1.29 is 13.6 Å². The fourth-order valence-corrected chi connectivity index (χ4v) is 5.45. The number of anilines is 2. The lowest BCUT2D eigenvalue weighted by Gasteiger charge is -2.48. The summed E-state index contributed by atoms with van der Waals surface area (Å²) in [6, 6.07) is 7.90. The fraction of sp³-hybridized carbons (Fsp3) is 0.696. The number of rotatable bonds is 4. The van der Waals surface area contributed by atoms with Crippen molar-refractivity contribution in [2.45, 2.75) is 62.9 Å². The zero-order chi connectivity index (χ0) is 22.8. The van der Waals surface area contributed by atoms with E-state index in [0.717, 1.165) is 24.5 Å². The molecule has 0 aliphatic carbocycles. The number of nitrogens with one attached hydrogen (secondary N) is 5. The largest absolute Gasteiger partial charge is 0.371 e. The molecule has 0 radical (unpaired) electrons. The first-order valence-electron chi connectivity index (χ1n) is 12.3. The molecule has 4 fully saturated rings. The molecule has 0 aromatic heterocycles. The molecule has 182 valence electrons. The molecule has 1 amide bonds. The quantitative estimate of drug-likeness (QED) is 0.464. The maximum Gasteiger partial charge on any atom is 0.251 e. The van der Waals surface area contributed by atoms with Crippen molar-refractivity contribution in [3.8, 4) is 0 Å². The van der Waals surface area contributed by atoms with Crippen LogP contribution in [0, 0.1) is 5.92 Å². The molecule has 5 N–H and O–H groups in total. The smallest absolute Gasteiger partial charge is 0.251 e. The summed E-state index contributed by atoms with van der Waals surface area (Å²) in [5, 5.41) is 10.8. The lowest BCUT2D eigenvalue weighted by molar-refractivity contribution is -0.132. The Balaban J connectivity index is 1.28. The van der Waals surface area contributed by atoms with Gasteiger partial charge in [-0.1, -0.05) is 12.8 Å². The number of carbonyl (C=O) groups excluding carboxylic acids is 1. The van der Waals surface area contributed by atoms with Crippen LogP contribution in [0.4, 0.5) is 20.2 Å². The van der Waals surface area contributed by atoms with Crippen molar-refractivity contribution in [3.63, 3.8) is 0 Å². The maximum atomic E-state index is 13.5. The topological polar surface area (TPSA) is 83.7 Å². The van der Waals surface area contributed by atoms with Gasteiger partial charge in [-0.2, -0.15) is 0 Å². The van der Waals surface area contributed by atoms with Gasteiger partial charge < -0.3 is 10.2 Å². The monoisotopic (exact) mass is 463 g/mol. The second kappa shape index (κ2) is 9.69. The zero-order valence-corrected chi connectivity index (χ0v) is 19.0. The summed E-state index contributed by atoms with van der Waals surface area (Å²) in [4.78, 5) is 17.2. The van der Waals surface area contributed by atoms with Crippen molar-refractivity contribution in [1.29, 1.82) is 0 Å². The molecule has 0 spiro atoms. The van der Waals surface area contributed by atoms with E-state index in [9.17, 15) is 13.6 Å². The van der Waals surface area contributed by atoms with E-state index in [1.807, 2.05) is 29.2 Å². The second-order valence-electron chi connectivity index (χ2n) is 9.70. The first-order valence-corrected chi connectivity index (χ1v) is 12.3. The summed E-state index contributed by atoms with van der Waals surface area (Å²) in [6.45, 7) is 3.48. The molecule has 4 aliphatic heterocycles. The minimum atomic E-state index is -2.55. The van der Waals surface area contributed by atoms with Crippen LogP contribution in [0.1, 0.15) is 38.5 Å². The van der Waals surface area contributed by atoms with Crippen LogP contribution in [-0.2, 0) is 4.79 Å². The number of amides is 1. The van der Waals surface area contributed by atoms with Crippen LogP contribution >= 0.6 is 0 Å². The number of benzene rings is 1. The highest BCUT2D eigenvalue weighted by atomic mass is 19.3. The minimum absolute atomic E-state index is 0.00356. The maximum absolute atomic E-state index is 13.5. The number of fused-ring (bicyclic) bond motifs is 1. The Labute approximate surface area is 193 Å². The number of carbonyl (C=O) groups is 1. The van der Waals surface area contributed by atoms with Crippen molar-refractivity contribution in [2.24, 2.45) is 5.92 Å². The summed E-state index contributed by atoms with van der Waals surface area (Å²) in [5.74, 6) is -2.85. The summed E-state index contributed by atoms with van der Waals surface area (Å²) in [5.41, 5.74) is 7.63. The normalized spacial score (nSPS) is 33.0. The molecule has 4 aliphatic rings. The van der Waals surface area contributed by atoms with Crippen molar-refractivity contribution in [1.82, 2.24) is 26.4 Å².